The van der Waals surface area contributed by atoms with Crippen molar-refractivity contribution in [2.24, 2.45) is 0 Å². The Balaban J connectivity index is 2.01. The second kappa shape index (κ2) is 1.62. The van der Waals surface area contributed by atoms with Gasteiger partial charge in [0, 0.05) is 18.9 Å². The van der Waals surface area contributed by atoms with Gasteiger partial charge >= 0.3 is 0 Å². The molecule has 0 aromatic rings. The van der Waals surface area contributed by atoms with Crippen LogP contribution in [0.25, 0.3) is 0 Å². The smallest absolute Gasteiger partial charge is 0.168 e. The third-order valence-electron chi connectivity index (χ3n) is 1.91. The average Bonchev–Trinajstić information content (AvgIpc) is 1.62. The standard InChI is InChI=1S/C5H9NOS/c7-8-2-1-4-3-5(8)6-4/h4-6H,1-3H2. The first-order valence-electron chi connectivity index (χ1n) is 2.99. The van der Waals surface area contributed by atoms with Crippen molar-refractivity contribution in [1.82, 2.24) is 5.32 Å². The van der Waals surface area contributed by atoms with E-state index in [1.54, 1.807) is 0 Å². The molecular weight excluding hydrogens is 122 g/mol. The predicted octanol–water partition coefficient (Wildman–Crippen LogP) is -0.173. The number of rotatable bonds is 0. The fourth-order valence-electron chi connectivity index (χ4n) is 1.28. The zero-order valence-electron chi connectivity index (χ0n) is 4.59. The van der Waals surface area contributed by atoms with Crippen LogP contribution in [0, 0.1) is 0 Å². The van der Waals surface area contributed by atoms with Gasteiger partial charge in [-0.15, -0.1) is 0 Å². The lowest BCUT2D eigenvalue weighted by molar-refractivity contribution is 0.299. The monoisotopic (exact) mass is 131 g/mol. The van der Waals surface area contributed by atoms with E-state index in [1.165, 1.54) is 0 Å². The predicted molar refractivity (Wildman–Crippen MR) is 33.0 cm³/mol. The molecule has 8 heavy (non-hydrogen) atoms. The molecule has 3 aliphatic rings. The fraction of sp³-hybridized carbons (Fsp3) is 1.00. The first-order valence-corrected chi connectivity index (χ1v) is 4.38. The SMILES string of the molecule is [O-][S+]1CCC2CC1N2. The maximum Gasteiger partial charge on any atom is 0.168 e. The Morgan fingerprint density at radius 1 is 1.62 bits per heavy atom. The van der Waals surface area contributed by atoms with Crippen LogP contribution in [0.4, 0.5) is 0 Å². The van der Waals surface area contributed by atoms with E-state index < -0.39 is 11.2 Å². The number of hydrogen-bond acceptors (Lipinski definition) is 2. The molecule has 3 heteroatoms. The van der Waals surface area contributed by atoms with Gasteiger partial charge in [-0.2, -0.15) is 0 Å². The van der Waals surface area contributed by atoms with Crippen LogP contribution >= 0.6 is 0 Å². The van der Waals surface area contributed by atoms with Crippen molar-refractivity contribution >= 4 is 11.2 Å². The minimum atomic E-state index is -0.530. The molecule has 3 unspecified atom stereocenters. The van der Waals surface area contributed by atoms with E-state index in [0.717, 1.165) is 24.6 Å². The van der Waals surface area contributed by atoms with Crippen molar-refractivity contribution in [3.05, 3.63) is 0 Å². The van der Waals surface area contributed by atoms with Crippen LogP contribution in [-0.2, 0) is 11.2 Å². The van der Waals surface area contributed by atoms with Crippen LogP contribution in [0.15, 0.2) is 0 Å². The Labute approximate surface area is 51.8 Å². The van der Waals surface area contributed by atoms with Crippen molar-refractivity contribution in [3.8, 4) is 0 Å². The van der Waals surface area contributed by atoms with E-state index in [9.17, 15) is 4.55 Å². The molecule has 2 bridgehead atoms. The fourth-order valence-corrected chi connectivity index (χ4v) is 2.87. The lowest BCUT2D eigenvalue weighted by Gasteiger charge is -2.42. The Morgan fingerprint density at radius 2 is 2.38 bits per heavy atom. The molecule has 46 valence electrons. The summed E-state index contributed by atoms with van der Waals surface area (Å²) in [6.07, 6.45) is 2.29. The normalized spacial score (nSPS) is 52.9. The van der Waals surface area contributed by atoms with Gasteiger partial charge < -0.3 is 4.55 Å². The molecule has 0 aromatic heterocycles. The molecular formula is C5H9NOS. The van der Waals surface area contributed by atoms with Gasteiger partial charge in [-0.05, 0) is 11.2 Å². The van der Waals surface area contributed by atoms with Crippen molar-refractivity contribution < 1.29 is 4.55 Å². The molecule has 0 amide bonds. The minimum Gasteiger partial charge on any atom is -0.615 e. The minimum absolute atomic E-state index is 0.369. The summed E-state index contributed by atoms with van der Waals surface area (Å²) >= 11 is -0.530. The number of fused-ring (bicyclic) bond motifs is 2. The number of nitrogens with one attached hydrogen (secondary N) is 1. The first-order chi connectivity index (χ1) is 3.86. The molecule has 1 N–H and O–H groups in total. The summed E-state index contributed by atoms with van der Waals surface area (Å²) in [5.74, 6) is 0.933. The lowest BCUT2D eigenvalue weighted by atomic mass is 10.0. The summed E-state index contributed by atoms with van der Waals surface area (Å²) in [7, 11) is 0. The van der Waals surface area contributed by atoms with Crippen LogP contribution < -0.4 is 5.32 Å². The summed E-state index contributed by atoms with van der Waals surface area (Å²) in [5, 5.41) is 3.60. The second-order valence-corrected chi connectivity index (χ2v) is 4.20. The van der Waals surface area contributed by atoms with Crippen LogP contribution in [0.2, 0.25) is 0 Å². The van der Waals surface area contributed by atoms with Crippen LogP contribution in [0.3, 0.4) is 0 Å². The topological polar surface area (TPSA) is 35.1 Å². The summed E-state index contributed by atoms with van der Waals surface area (Å²) in [6, 6.07) is 0.720. The van der Waals surface area contributed by atoms with Gasteiger partial charge in [0.05, 0.1) is 0 Å². The van der Waals surface area contributed by atoms with Gasteiger partial charge in [0.1, 0.15) is 5.75 Å². The van der Waals surface area contributed by atoms with E-state index in [4.69, 9.17) is 0 Å². The summed E-state index contributed by atoms with van der Waals surface area (Å²) < 4.78 is 10.9. The molecule has 3 aliphatic heterocycles. The number of hydrogen-bond donors (Lipinski definition) is 1. The Morgan fingerprint density at radius 3 is 2.62 bits per heavy atom. The zero-order valence-corrected chi connectivity index (χ0v) is 5.41. The molecule has 0 aliphatic carbocycles. The van der Waals surface area contributed by atoms with Crippen molar-refractivity contribution in [2.75, 3.05) is 5.75 Å². The molecule has 0 aromatic carbocycles. The summed E-state index contributed by atoms with van der Waals surface area (Å²) in [6.45, 7) is 0. The quantitative estimate of drug-likeness (QED) is 0.463. The highest BCUT2D eigenvalue weighted by Crippen LogP contribution is 2.27. The molecule has 2 nitrogen and oxygen atoms in total. The molecule has 3 rings (SSSR count). The maximum absolute atomic E-state index is 10.9. The molecule has 3 fully saturated rings. The third kappa shape index (κ3) is 0.584. The van der Waals surface area contributed by atoms with Gasteiger partial charge in [-0.1, -0.05) is 0 Å². The van der Waals surface area contributed by atoms with Crippen LogP contribution in [-0.4, -0.2) is 21.7 Å². The average molecular weight is 131 g/mol. The lowest BCUT2D eigenvalue weighted by Crippen LogP contribution is -2.61. The Hall–Kier alpha value is 0.270. The van der Waals surface area contributed by atoms with Crippen molar-refractivity contribution in [1.29, 1.82) is 0 Å². The Kier molecular flexibility index (Phi) is 1.03. The second-order valence-electron chi connectivity index (χ2n) is 2.46. The van der Waals surface area contributed by atoms with Crippen LogP contribution in [0.1, 0.15) is 12.8 Å². The molecule has 0 saturated carbocycles. The molecule has 0 spiro atoms. The summed E-state index contributed by atoms with van der Waals surface area (Å²) in [5.41, 5.74) is 0. The van der Waals surface area contributed by atoms with Gasteiger partial charge in [0.15, 0.2) is 5.37 Å². The molecule has 3 heterocycles. The van der Waals surface area contributed by atoms with E-state index in [0.29, 0.717) is 5.37 Å². The van der Waals surface area contributed by atoms with Crippen molar-refractivity contribution in [2.45, 2.75) is 24.3 Å². The highest BCUT2D eigenvalue weighted by atomic mass is 32.2. The maximum atomic E-state index is 10.9. The van der Waals surface area contributed by atoms with E-state index in [1.807, 2.05) is 0 Å². The van der Waals surface area contributed by atoms with Gasteiger partial charge in [0.2, 0.25) is 0 Å². The molecule has 3 saturated heterocycles. The van der Waals surface area contributed by atoms with Crippen molar-refractivity contribution in [3.63, 3.8) is 0 Å². The summed E-state index contributed by atoms with van der Waals surface area (Å²) in [4.78, 5) is 0. The third-order valence-corrected chi connectivity index (χ3v) is 3.51. The van der Waals surface area contributed by atoms with Crippen LogP contribution in [0.5, 0.6) is 0 Å². The van der Waals surface area contributed by atoms with E-state index >= 15 is 0 Å². The molecule has 3 atom stereocenters. The van der Waals surface area contributed by atoms with E-state index in [2.05, 4.69) is 5.32 Å². The first kappa shape index (κ1) is 5.09. The highest BCUT2D eigenvalue weighted by Gasteiger charge is 2.41. The Bertz CT molecular complexity index is 97.1. The molecule has 0 radical (unpaired) electrons. The van der Waals surface area contributed by atoms with Gasteiger partial charge in [-0.3, -0.25) is 5.32 Å². The van der Waals surface area contributed by atoms with Gasteiger partial charge in [-0.25, -0.2) is 0 Å². The highest BCUT2D eigenvalue weighted by molar-refractivity contribution is 7.92. The zero-order chi connectivity index (χ0) is 5.56. The van der Waals surface area contributed by atoms with Gasteiger partial charge in [0.25, 0.3) is 0 Å². The largest absolute Gasteiger partial charge is 0.615 e. The van der Waals surface area contributed by atoms with E-state index in [-0.39, 0.29) is 0 Å².